The van der Waals surface area contributed by atoms with Gasteiger partial charge in [-0.05, 0) is 18.6 Å². The van der Waals surface area contributed by atoms with E-state index in [0.717, 1.165) is 11.3 Å². The predicted molar refractivity (Wildman–Crippen MR) is 63.9 cm³/mol. The molecule has 0 radical (unpaired) electrons. The van der Waals surface area contributed by atoms with Crippen LogP contribution in [0.15, 0.2) is 18.2 Å². The lowest BCUT2D eigenvalue weighted by atomic mass is 10.2. The number of anilines is 1. The Morgan fingerprint density at radius 2 is 2.18 bits per heavy atom. The molecule has 0 aliphatic heterocycles. The number of nitro benzene ring substituents is 1. The SMILES string of the molecule is Cc1cc([N+](=O)[O-])ccc1NCCNC(N)=O. The van der Waals surface area contributed by atoms with Crippen LogP contribution >= 0.6 is 0 Å². The van der Waals surface area contributed by atoms with E-state index in [2.05, 4.69) is 10.6 Å². The van der Waals surface area contributed by atoms with Gasteiger partial charge >= 0.3 is 6.03 Å². The van der Waals surface area contributed by atoms with Crippen LogP contribution in [0.1, 0.15) is 5.56 Å². The van der Waals surface area contributed by atoms with Gasteiger partial charge in [0.25, 0.3) is 5.69 Å². The van der Waals surface area contributed by atoms with Crippen LogP contribution in [-0.2, 0) is 0 Å². The highest BCUT2D eigenvalue weighted by molar-refractivity contribution is 5.71. The van der Waals surface area contributed by atoms with Crippen molar-refractivity contribution < 1.29 is 9.72 Å². The molecular weight excluding hydrogens is 224 g/mol. The van der Waals surface area contributed by atoms with E-state index in [4.69, 9.17) is 5.73 Å². The van der Waals surface area contributed by atoms with Gasteiger partial charge in [0.05, 0.1) is 4.92 Å². The monoisotopic (exact) mass is 238 g/mol. The molecule has 7 heteroatoms. The molecule has 0 spiro atoms. The van der Waals surface area contributed by atoms with Gasteiger partial charge in [0.15, 0.2) is 0 Å². The quantitative estimate of drug-likeness (QED) is 0.403. The summed E-state index contributed by atoms with van der Waals surface area (Å²) in [5.41, 5.74) is 6.53. The molecule has 4 N–H and O–H groups in total. The third-order valence-electron chi connectivity index (χ3n) is 2.16. The Hall–Kier alpha value is -2.31. The van der Waals surface area contributed by atoms with Crippen molar-refractivity contribution in [2.24, 2.45) is 5.73 Å². The minimum atomic E-state index is -0.577. The van der Waals surface area contributed by atoms with Crippen molar-refractivity contribution >= 4 is 17.4 Å². The van der Waals surface area contributed by atoms with Gasteiger partial charge in [0.1, 0.15) is 0 Å². The number of nitro groups is 1. The molecule has 0 bridgehead atoms. The summed E-state index contributed by atoms with van der Waals surface area (Å²) in [5.74, 6) is 0. The summed E-state index contributed by atoms with van der Waals surface area (Å²) in [6.07, 6.45) is 0. The number of amides is 2. The van der Waals surface area contributed by atoms with E-state index >= 15 is 0 Å². The number of nitrogens with zero attached hydrogens (tertiary/aromatic N) is 1. The maximum atomic E-state index is 10.5. The first-order valence-electron chi connectivity index (χ1n) is 5.03. The topological polar surface area (TPSA) is 110 Å². The Bertz CT molecular complexity index is 434. The molecule has 7 nitrogen and oxygen atoms in total. The molecule has 0 atom stereocenters. The highest BCUT2D eigenvalue weighted by Gasteiger charge is 2.07. The summed E-state index contributed by atoms with van der Waals surface area (Å²) in [7, 11) is 0. The first kappa shape index (κ1) is 12.8. The third kappa shape index (κ3) is 3.98. The van der Waals surface area contributed by atoms with Gasteiger partial charge in [0.2, 0.25) is 0 Å². The number of benzene rings is 1. The largest absolute Gasteiger partial charge is 0.383 e. The van der Waals surface area contributed by atoms with Crippen LogP contribution in [0.2, 0.25) is 0 Å². The lowest BCUT2D eigenvalue weighted by Gasteiger charge is -2.09. The van der Waals surface area contributed by atoms with Gasteiger partial charge in [-0.1, -0.05) is 0 Å². The number of carbonyl (C=O) groups is 1. The molecule has 1 rings (SSSR count). The van der Waals surface area contributed by atoms with Crippen LogP contribution in [0.5, 0.6) is 0 Å². The molecule has 17 heavy (non-hydrogen) atoms. The van der Waals surface area contributed by atoms with E-state index in [9.17, 15) is 14.9 Å². The van der Waals surface area contributed by atoms with Crippen LogP contribution in [0.25, 0.3) is 0 Å². The Kier molecular flexibility index (Phi) is 4.27. The van der Waals surface area contributed by atoms with Crippen molar-refractivity contribution in [3.63, 3.8) is 0 Å². The predicted octanol–water partition coefficient (Wildman–Crippen LogP) is 0.983. The third-order valence-corrected chi connectivity index (χ3v) is 2.16. The summed E-state index contributed by atoms with van der Waals surface area (Å²) in [5, 5.41) is 16.0. The first-order chi connectivity index (χ1) is 8.00. The standard InChI is InChI=1S/C10H14N4O3/c1-7-6-8(14(16)17)2-3-9(7)12-4-5-13-10(11)15/h2-3,6,12H,4-5H2,1H3,(H3,11,13,15). The number of rotatable bonds is 5. The maximum Gasteiger partial charge on any atom is 0.312 e. The van der Waals surface area contributed by atoms with Crippen LogP contribution in [0.4, 0.5) is 16.2 Å². The molecule has 0 saturated heterocycles. The summed E-state index contributed by atoms with van der Waals surface area (Å²) < 4.78 is 0. The van der Waals surface area contributed by atoms with Gasteiger partial charge < -0.3 is 16.4 Å². The lowest BCUT2D eigenvalue weighted by Crippen LogP contribution is -2.33. The number of non-ortho nitro benzene ring substituents is 1. The van der Waals surface area contributed by atoms with Crippen LogP contribution in [0.3, 0.4) is 0 Å². The number of nitrogens with one attached hydrogen (secondary N) is 2. The molecule has 1 aromatic rings. The molecule has 2 amide bonds. The Balaban J connectivity index is 2.54. The first-order valence-corrected chi connectivity index (χ1v) is 5.03. The van der Waals surface area contributed by atoms with Crippen molar-refractivity contribution in [2.45, 2.75) is 6.92 Å². The Morgan fingerprint density at radius 1 is 1.47 bits per heavy atom. The summed E-state index contributed by atoms with van der Waals surface area (Å²) >= 11 is 0. The normalized spacial score (nSPS) is 9.71. The average molecular weight is 238 g/mol. The molecule has 92 valence electrons. The van der Waals surface area contributed by atoms with Crippen LogP contribution in [-0.4, -0.2) is 24.0 Å². The zero-order valence-electron chi connectivity index (χ0n) is 9.40. The van der Waals surface area contributed by atoms with E-state index in [1.54, 1.807) is 13.0 Å². The zero-order chi connectivity index (χ0) is 12.8. The minimum Gasteiger partial charge on any atom is -0.383 e. The molecule has 1 aromatic carbocycles. The van der Waals surface area contributed by atoms with E-state index in [-0.39, 0.29) is 5.69 Å². The number of nitrogens with two attached hydrogens (primary N) is 1. The fraction of sp³-hybridized carbons (Fsp3) is 0.300. The van der Waals surface area contributed by atoms with Crippen molar-refractivity contribution in [2.75, 3.05) is 18.4 Å². The summed E-state index contributed by atoms with van der Waals surface area (Å²) in [4.78, 5) is 20.5. The van der Waals surface area contributed by atoms with Gasteiger partial charge in [-0.3, -0.25) is 10.1 Å². The summed E-state index contributed by atoms with van der Waals surface area (Å²) in [6, 6.07) is 3.98. The van der Waals surface area contributed by atoms with E-state index < -0.39 is 11.0 Å². The van der Waals surface area contributed by atoms with Crippen molar-refractivity contribution in [1.82, 2.24) is 5.32 Å². The highest BCUT2D eigenvalue weighted by atomic mass is 16.6. The van der Waals surface area contributed by atoms with E-state index in [0.29, 0.717) is 13.1 Å². The number of hydrogen-bond acceptors (Lipinski definition) is 4. The molecule has 0 fully saturated rings. The Morgan fingerprint density at radius 3 is 2.71 bits per heavy atom. The van der Waals surface area contributed by atoms with Crippen molar-refractivity contribution in [3.8, 4) is 0 Å². The van der Waals surface area contributed by atoms with Gasteiger partial charge in [-0.15, -0.1) is 0 Å². The maximum absolute atomic E-state index is 10.5. The molecule has 0 heterocycles. The number of hydrogen-bond donors (Lipinski definition) is 3. The second kappa shape index (κ2) is 5.69. The minimum absolute atomic E-state index is 0.0586. The highest BCUT2D eigenvalue weighted by Crippen LogP contribution is 2.20. The van der Waals surface area contributed by atoms with Gasteiger partial charge in [-0.2, -0.15) is 0 Å². The van der Waals surface area contributed by atoms with E-state index in [1.165, 1.54) is 12.1 Å². The van der Waals surface area contributed by atoms with Crippen molar-refractivity contribution in [3.05, 3.63) is 33.9 Å². The van der Waals surface area contributed by atoms with Crippen LogP contribution < -0.4 is 16.4 Å². The number of carbonyl (C=O) groups excluding carboxylic acids is 1. The molecule has 0 unspecified atom stereocenters. The number of primary amides is 1. The van der Waals surface area contributed by atoms with Gasteiger partial charge in [0, 0.05) is 30.9 Å². The second-order valence-electron chi connectivity index (χ2n) is 3.47. The zero-order valence-corrected chi connectivity index (χ0v) is 9.40. The average Bonchev–Trinajstić information content (AvgIpc) is 2.25. The molecule has 0 aliphatic rings. The fourth-order valence-electron chi connectivity index (χ4n) is 1.34. The van der Waals surface area contributed by atoms with Crippen molar-refractivity contribution in [1.29, 1.82) is 0 Å². The lowest BCUT2D eigenvalue weighted by molar-refractivity contribution is -0.384. The summed E-state index contributed by atoms with van der Waals surface area (Å²) in [6.45, 7) is 2.67. The number of urea groups is 1. The fourth-order valence-corrected chi connectivity index (χ4v) is 1.34. The molecular formula is C10H14N4O3. The second-order valence-corrected chi connectivity index (χ2v) is 3.47. The smallest absolute Gasteiger partial charge is 0.312 e. The van der Waals surface area contributed by atoms with Gasteiger partial charge in [-0.25, -0.2) is 4.79 Å². The Labute approximate surface area is 98.1 Å². The molecule has 0 saturated carbocycles. The van der Waals surface area contributed by atoms with E-state index in [1.807, 2.05) is 0 Å². The number of aryl methyl sites for hydroxylation is 1. The van der Waals surface area contributed by atoms with Crippen LogP contribution in [0, 0.1) is 17.0 Å². The molecule has 0 aliphatic carbocycles. The molecule has 0 aromatic heterocycles.